The van der Waals surface area contributed by atoms with Gasteiger partial charge < -0.3 is 19.5 Å². The van der Waals surface area contributed by atoms with Crippen molar-refractivity contribution in [1.82, 2.24) is 0 Å². The van der Waals surface area contributed by atoms with E-state index < -0.39 is 5.97 Å². The highest BCUT2D eigenvalue weighted by atomic mass is 32.1. The number of benzene rings is 2. The number of amides is 1. The van der Waals surface area contributed by atoms with Crippen molar-refractivity contribution in [3.05, 3.63) is 70.1 Å². The van der Waals surface area contributed by atoms with Gasteiger partial charge in [0.2, 0.25) is 5.91 Å². The molecule has 0 aliphatic heterocycles. The smallest absolute Gasteiger partial charge is 0.341 e. The molecule has 0 aliphatic rings. The number of carbonyl (C=O) groups is 2. The molecule has 3 aromatic rings. The summed E-state index contributed by atoms with van der Waals surface area (Å²) in [5, 5.41) is 5.19. The number of ether oxygens (including phenoxy) is 3. The summed E-state index contributed by atoms with van der Waals surface area (Å²) in [7, 11) is 1.60. The average Bonchev–Trinajstić information content (AvgIpc) is 3.32. The van der Waals surface area contributed by atoms with Crippen molar-refractivity contribution in [1.29, 1.82) is 0 Å². The van der Waals surface area contributed by atoms with Crippen LogP contribution in [0.3, 0.4) is 0 Å². The molecular formula is C31H37NO5S. The monoisotopic (exact) mass is 535 g/mol. The van der Waals surface area contributed by atoms with Gasteiger partial charge >= 0.3 is 5.97 Å². The van der Waals surface area contributed by atoms with Crippen LogP contribution < -0.4 is 14.8 Å². The lowest BCUT2D eigenvalue weighted by Gasteiger charge is -2.11. The van der Waals surface area contributed by atoms with Crippen molar-refractivity contribution >= 4 is 34.3 Å². The maximum Gasteiger partial charge on any atom is 0.341 e. The third-order valence-electron chi connectivity index (χ3n) is 6.20. The van der Waals surface area contributed by atoms with Crippen molar-refractivity contribution in [2.45, 2.75) is 53.4 Å². The van der Waals surface area contributed by atoms with Gasteiger partial charge in [0.1, 0.15) is 10.6 Å². The van der Waals surface area contributed by atoms with E-state index in [4.69, 9.17) is 14.2 Å². The van der Waals surface area contributed by atoms with E-state index in [2.05, 4.69) is 12.2 Å². The molecular weight excluding hydrogens is 498 g/mol. The predicted octanol–water partition coefficient (Wildman–Crippen LogP) is 7.83. The topological polar surface area (TPSA) is 73.9 Å². The SMILES string of the molecule is CCCCCCOc1ccc(/C=C/C(=O)Nc2scc(-c3ccc(C)c(C)c3)c2C(=O)OCC)cc1OC. The Kier molecular flexibility index (Phi) is 11.0. The lowest BCUT2D eigenvalue weighted by molar-refractivity contribution is -0.111. The molecule has 1 aromatic heterocycles. The van der Waals surface area contributed by atoms with E-state index in [0.29, 0.717) is 28.7 Å². The van der Waals surface area contributed by atoms with Crippen LogP contribution in [-0.4, -0.2) is 32.2 Å². The van der Waals surface area contributed by atoms with Gasteiger partial charge in [0, 0.05) is 17.0 Å². The molecule has 1 amide bonds. The molecule has 6 nitrogen and oxygen atoms in total. The first-order valence-electron chi connectivity index (χ1n) is 13.0. The number of nitrogens with one attached hydrogen (secondary N) is 1. The molecule has 7 heteroatoms. The number of carbonyl (C=O) groups excluding carboxylic acids is 2. The maximum atomic E-state index is 12.9. The van der Waals surface area contributed by atoms with Gasteiger partial charge in [-0.3, -0.25) is 4.79 Å². The Hall–Kier alpha value is -3.58. The summed E-state index contributed by atoms with van der Waals surface area (Å²) in [5.74, 6) is 0.488. The second-order valence-corrected chi connectivity index (χ2v) is 9.89. The van der Waals surface area contributed by atoms with Gasteiger partial charge in [-0.15, -0.1) is 11.3 Å². The molecule has 38 heavy (non-hydrogen) atoms. The summed E-state index contributed by atoms with van der Waals surface area (Å²) in [4.78, 5) is 25.7. The van der Waals surface area contributed by atoms with E-state index in [-0.39, 0.29) is 12.5 Å². The molecule has 0 unspecified atom stereocenters. The second kappa shape index (κ2) is 14.4. The second-order valence-electron chi connectivity index (χ2n) is 9.02. The third-order valence-corrected chi connectivity index (χ3v) is 7.09. The molecule has 202 valence electrons. The predicted molar refractivity (Wildman–Crippen MR) is 155 cm³/mol. The van der Waals surface area contributed by atoms with Crippen LogP contribution in [0.5, 0.6) is 11.5 Å². The number of hydrogen-bond acceptors (Lipinski definition) is 6. The lowest BCUT2D eigenvalue weighted by atomic mass is 9.99. The molecule has 0 saturated heterocycles. The summed E-state index contributed by atoms with van der Waals surface area (Å²) in [6.07, 6.45) is 7.66. The Bertz CT molecular complexity index is 1280. The van der Waals surface area contributed by atoms with Crippen molar-refractivity contribution in [3.63, 3.8) is 0 Å². The Morgan fingerprint density at radius 1 is 0.974 bits per heavy atom. The van der Waals surface area contributed by atoms with E-state index in [9.17, 15) is 9.59 Å². The summed E-state index contributed by atoms with van der Waals surface area (Å²) >= 11 is 1.30. The first kappa shape index (κ1) is 29.0. The number of rotatable bonds is 13. The van der Waals surface area contributed by atoms with Gasteiger partial charge in [-0.2, -0.15) is 0 Å². The van der Waals surface area contributed by atoms with Gasteiger partial charge in [-0.05, 0) is 67.7 Å². The third kappa shape index (κ3) is 7.71. The lowest BCUT2D eigenvalue weighted by Crippen LogP contribution is -2.12. The van der Waals surface area contributed by atoms with Crippen LogP contribution in [0.2, 0.25) is 0 Å². The van der Waals surface area contributed by atoms with E-state index in [1.54, 1.807) is 20.1 Å². The summed E-state index contributed by atoms with van der Waals surface area (Å²) < 4.78 is 16.7. The molecule has 0 bridgehead atoms. The van der Waals surface area contributed by atoms with E-state index in [0.717, 1.165) is 35.1 Å². The summed E-state index contributed by atoms with van der Waals surface area (Å²) in [5.41, 5.74) is 5.10. The summed E-state index contributed by atoms with van der Waals surface area (Å²) in [6, 6.07) is 11.6. The van der Waals surface area contributed by atoms with Crippen LogP contribution in [-0.2, 0) is 9.53 Å². The quantitative estimate of drug-likeness (QED) is 0.137. The molecule has 0 radical (unpaired) electrons. The highest BCUT2D eigenvalue weighted by Gasteiger charge is 2.22. The van der Waals surface area contributed by atoms with E-state index in [1.807, 2.05) is 55.6 Å². The fourth-order valence-corrected chi connectivity index (χ4v) is 4.88. The average molecular weight is 536 g/mol. The van der Waals surface area contributed by atoms with Crippen LogP contribution in [0.25, 0.3) is 17.2 Å². The minimum atomic E-state index is -0.462. The van der Waals surface area contributed by atoms with Gasteiger partial charge in [0.05, 0.1) is 20.3 Å². The molecule has 1 N–H and O–H groups in total. The minimum absolute atomic E-state index is 0.245. The zero-order valence-electron chi connectivity index (χ0n) is 22.9. The zero-order chi connectivity index (χ0) is 27.5. The van der Waals surface area contributed by atoms with Crippen LogP contribution >= 0.6 is 11.3 Å². The first-order chi connectivity index (χ1) is 18.4. The Balaban J connectivity index is 1.74. The normalized spacial score (nSPS) is 11.0. The number of aryl methyl sites for hydroxylation is 2. The van der Waals surface area contributed by atoms with Crippen LogP contribution in [0.1, 0.15) is 66.6 Å². The molecule has 0 aliphatic carbocycles. The molecule has 1 heterocycles. The standard InChI is InChI=1S/C31H37NO5S/c1-6-8-9-10-17-37-26-15-12-23(19-27(26)35-5)13-16-28(33)32-30-29(31(34)36-7-2)25(20-38-30)24-14-11-21(3)22(4)18-24/h11-16,18-20H,6-10,17H2,1-5H3,(H,32,33)/b16-13+. The highest BCUT2D eigenvalue weighted by Crippen LogP contribution is 2.37. The Labute approximate surface area is 229 Å². The molecule has 2 aromatic carbocycles. The van der Waals surface area contributed by atoms with Gasteiger partial charge in [-0.1, -0.05) is 50.5 Å². The zero-order valence-corrected chi connectivity index (χ0v) is 23.7. The van der Waals surface area contributed by atoms with Crippen molar-refractivity contribution in [2.75, 3.05) is 25.6 Å². The van der Waals surface area contributed by atoms with Crippen LogP contribution in [0, 0.1) is 13.8 Å². The number of esters is 1. The number of anilines is 1. The molecule has 0 spiro atoms. The fourth-order valence-electron chi connectivity index (χ4n) is 3.92. The Morgan fingerprint density at radius 2 is 1.79 bits per heavy atom. The first-order valence-corrected chi connectivity index (χ1v) is 13.9. The Morgan fingerprint density at radius 3 is 2.50 bits per heavy atom. The van der Waals surface area contributed by atoms with Crippen molar-refractivity contribution < 1.29 is 23.8 Å². The van der Waals surface area contributed by atoms with E-state index >= 15 is 0 Å². The molecule has 0 fully saturated rings. The number of thiophene rings is 1. The van der Waals surface area contributed by atoms with Gasteiger partial charge in [-0.25, -0.2) is 4.79 Å². The van der Waals surface area contributed by atoms with Crippen molar-refractivity contribution in [3.8, 4) is 22.6 Å². The number of methoxy groups -OCH3 is 1. The fraction of sp³-hybridized carbons (Fsp3) is 0.355. The molecule has 3 rings (SSSR count). The largest absolute Gasteiger partial charge is 0.493 e. The van der Waals surface area contributed by atoms with Crippen LogP contribution in [0.4, 0.5) is 5.00 Å². The number of unbranched alkanes of at least 4 members (excludes halogenated alkanes) is 3. The minimum Gasteiger partial charge on any atom is -0.493 e. The van der Waals surface area contributed by atoms with Crippen LogP contribution in [0.15, 0.2) is 47.9 Å². The van der Waals surface area contributed by atoms with Gasteiger partial charge in [0.15, 0.2) is 11.5 Å². The maximum absolute atomic E-state index is 12.9. The highest BCUT2D eigenvalue weighted by molar-refractivity contribution is 7.15. The van der Waals surface area contributed by atoms with Crippen molar-refractivity contribution in [2.24, 2.45) is 0 Å². The van der Waals surface area contributed by atoms with E-state index in [1.165, 1.54) is 35.8 Å². The molecule has 0 saturated carbocycles. The summed E-state index contributed by atoms with van der Waals surface area (Å²) in [6.45, 7) is 8.90. The molecule has 0 atom stereocenters. The number of hydrogen-bond donors (Lipinski definition) is 1. The van der Waals surface area contributed by atoms with Gasteiger partial charge in [0.25, 0.3) is 0 Å².